The van der Waals surface area contributed by atoms with Gasteiger partial charge in [-0.3, -0.25) is 4.90 Å². The van der Waals surface area contributed by atoms with Crippen LogP contribution in [0.5, 0.6) is 5.75 Å². The van der Waals surface area contributed by atoms with Crippen LogP contribution in [0.25, 0.3) is 10.2 Å². The van der Waals surface area contributed by atoms with E-state index in [2.05, 4.69) is 19.8 Å². The second-order valence-electron chi connectivity index (χ2n) is 7.09. The van der Waals surface area contributed by atoms with Gasteiger partial charge in [0, 0.05) is 32.7 Å². The first kappa shape index (κ1) is 19.6. The number of hydrogen-bond acceptors (Lipinski definition) is 8. The van der Waals surface area contributed by atoms with Crippen LogP contribution in [0.2, 0.25) is 0 Å². The minimum absolute atomic E-state index is 0.296. The van der Waals surface area contributed by atoms with E-state index in [1.54, 1.807) is 12.4 Å². The number of ether oxygens (including phenoxy) is 1. The predicted octanol–water partition coefficient (Wildman–Crippen LogP) is 3.20. The van der Waals surface area contributed by atoms with Crippen LogP contribution in [0.1, 0.15) is 27.7 Å². The van der Waals surface area contributed by atoms with Crippen molar-refractivity contribution in [2.45, 2.75) is 20.4 Å². The average Bonchev–Trinajstić information content (AvgIpc) is 3.06. The van der Waals surface area contributed by atoms with E-state index in [1.165, 1.54) is 11.3 Å². The fourth-order valence-corrected chi connectivity index (χ4v) is 4.75. The monoisotopic (exact) mass is 412 g/mol. The molecule has 1 aromatic carbocycles. The topological polar surface area (TPSA) is 78.8 Å². The number of aromatic hydroxyl groups is 1. The smallest absolute Gasteiger partial charge is 0.348 e. The zero-order valence-corrected chi connectivity index (χ0v) is 17.4. The number of nitrogens with zero attached hydrogens (tertiary/aromatic N) is 4. The van der Waals surface area contributed by atoms with Crippen molar-refractivity contribution < 1.29 is 14.6 Å². The molecule has 7 nitrogen and oxygen atoms in total. The fraction of sp³-hybridized carbons (Fsp3) is 0.381. The number of esters is 1. The van der Waals surface area contributed by atoms with Crippen molar-refractivity contribution in [2.75, 3.05) is 37.7 Å². The Bertz CT molecular complexity index is 1030. The van der Waals surface area contributed by atoms with Gasteiger partial charge in [0.1, 0.15) is 27.6 Å². The molecule has 152 valence electrons. The molecule has 1 aliphatic heterocycles. The van der Waals surface area contributed by atoms with Crippen molar-refractivity contribution in [3.8, 4) is 5.75 Å². The summed E-state index contributed by atoms with van der Waals surface area (Å²) in [6, 6.07) is 7.41. The van der Waals surface area contributed by atoms with Gasteiger partial charge >= 0.3 is 5.97 Å². The molecule has 1 N–H and O–H groups in total. The molecule has 29 heavy (non-hydrogen) atoms. The molecule has 0 unspecified atom stereocenters. The van der Waals surface area contributed by atoms with E-state index >= 15 is 0 Å². The van der Waals surface area contributed by atoms with E-state index in [9.17, 15) is 9.90 Å². The van der Waals surface area contributed by atoms with Crippen molar-refractivity contribution in [3.63, 3.8) is 0 Å². The highest BCUT2D eigenvalue weighted by Crippen LogP contribution is 2.35. The van der Waals surface area contributed by atoms with Gasteiger partial charge in [0.2, 0.25) is 0 Å². The molecule has 3 aromatic rings. The van der Waals surface area contributed by atoms with Crippen molar-refractivity contribution in [1.82, 2.24) is 14.9 Å². The predicted molar refractivity (Wildman–Crippen MR) is 114 cm³/mol. The number of carbonyl (C=O) groups is 1. The summed E-state index contributed by atoms with van der Waals surface area (Å²) in [7, 11) is 0. The van der Waals surface area contributed by atoms with Gasteiger partial charge in [-0.15, -0.1) is 11.3 Å². The molecular weight excluding hydrogens is 388 g/mol. The van der Waals surface area contributed by atoms with Crippen LogP contribution in [-0.2, 0) is 11.3 Å². The van der Waals surface area contributed by atoms with Gasteiger partial charge in [0.05, 0.1) is 12.0 Å². The van der Waals surface area contributed by atoms with Gasteiger partial charge in [-0.2, -0.15) is 0 Å². The third-order valence-corrected chi connectivity index (χ3v) is 6.34. The average molecular weight is 413 g/mol. The van der Waals surface area contributed by atoms with Crippen LogP contribution >= 0.6 is 11.3 Å². The Morgan fingerprint density at radius 1 is 1.24 bits per heavy atom. The first-order chi connectivity index (χ1) is 14.1. The van der Waals surface area contributed by atoms with Crippen molar-refractivity contribution in [3.05, 3.63) is 46.6 Å². The number of carbonyl (C=O) groups excluding carboxylic acids is 1. The lowest BCUT2D eigenvalue weighted by atomic mass is 10.1. The number of aryl methyl sites for hydroxylation is 1. The Labute approximate surface area is 173 Å². The molecule has 4 rings (SSSR count). The number of hydrogen-bond donors (Lipinski definition) is 1. The molecule has 8 heteroatoms. The Kier molecular flexibility index (Phi) is 5.64. The molecule has 0 amide bonds. The lowest BCUT2D eigenvalue weighted by Crippen LogP contribution is -2.46. The Balaban J connectivity index is 1.51. The van der Waals surface area contributed by atoms with Gasteiger partial charge in [-0.1, -0.05) is 12.1 Å². The largest absolute Gasteiger partial charge is 0.508 e. The summed E-state index contributed by atoms with van der Waals surface area (Å²) < 4.78 is 5.19. The van der Waals surface area contributed by atoms with Crippen LogP contribution in [-0.4, -0.2) is 58.7 Å². The summed E-state index contributed by atoms with van der Waals surface area (Å²) in [5.41, 5.74) is 2.00. The minimum Gasteiger partial charge on any atom is -0.508 e. The third kappa shape index (κ3) is 4.04. The number of piperazine rings is 1. The van der Waals surface area contributed by atoms with Crippen LogP contribution in [0, 0.1) is 6.92 Å². The molecule has 0 radical (unpaired) electrons. The van der Waals surface area contributed by atoms with Gasteiger partial charge in [-0.25, -0.2) is 14.8 Å². The number of phenols is 1. The molecule has 2 aromatic heterocycles. The molecule has 0 aliphatic carbocycles. The zero-order valence-electron chi connectivity index (χ0n) is 16.6. The molecule has 1 fully saturated rings. The number of phenolic OH excluding ortho intramolecular Hbond substituents is 1. The Morgan fingerprint density at radius 2 is 2.03 bits per heavy atom. The standard InChI is InChI=1S/C21H24N4O3S/c1-3-28-21(27)18-14(2)17-19(22-13-23-20(17)29-18)25-9-7-24(8-10-25)12-15-5-4-6-16(26)11-15/h4-6,11,13,26H,3,7-10,12H2,1-2H3. The Morgan fingerprint density at radius 3 is 2.76 bits per heavy atom. The summed E-state index contributed by atoms with van der Waals surface area (Å²) in [5.74, 6) is 0.890. The number of anilines is 1. The third-order valence-electron chi connectivity index (χ3n) is 5.16. The minimum atomic E-state index is -0.296. The highest BCUT2D eigenvalue weighted by atomic mass is 32.1. The van der Waals surface area contributed by atoms with Crippen LogP contribution in [0.4, 0.5) is 5.82 Å². The normalized spacial score (nSPS) is 15.0. The summed E-state index contributed by atoms with van der Waals surface area (Å²) in [4.78, 5) is 27.2. The van der Waals surface area contributed by atoms with E-state index in [0.717, 1.165) is 59.9 Å². The van der Waals surface area contributed by atoms with Crippen LogP contribution in [0.3, 0.4) is 0 Å². The first-order valence-electron chi connectivity index (χ1n) is 9.73. The second-order valence-corrected chi connectivity index (χ2v) is 8.09. The number of rotatable bonds is 5. The maximum absolute atomic E-state index is 12.3. The van der Waals surface area contributed by atoms with Gasteiger partial charge in [0.25, 0.3) is 0 Å². The van der Waals surface area contributed by atoms with Crippen molar-refractivity contribution >= 4 is 33.3 Å². The highest BCUT2D eigenvalue weighted by Gasteiger charge is 2.25. The second kappa shape index (κ2) is 8.34. The SMILES string of the molecule is CCOC(=O)c1sc2ncnc(N3CCN(Cc4cccc(O)c4)CC3)c2c1C. The summed E-state index contributed by atoms with van der Waals surface area (Å²) in [6.45, 7) is 8.39. The Hall–Kier alpha value is -2.71. The maximum Gasteiger partial charge on any atom is 0.348 e. The molecule has 0 atom stereocenters. The van der Waals surface area contributed by atoms with E-state index in [4.69, 9.17) is 4.74 Å². The lowest BCUT2D eigenvalue weighted by Gasteiger charge is -2.35. The first-order valence-corrected chi connectivity index (χ1v) is 10.5. The quantitative estimate of drug-likeness (QED) is 0.645. The molecular formula is C21H24N4O3S. The summed E-state index contributed by atoms with van der Waals surface area (Å²) in [6.07, 6.45) is 1.57. The molecule has 1 aliphatic rings. The zero-order chi connectivity index (χ0) is 20.4. The van der Waals surface area contributed by atoms with Crippen LogP contribution in [0.15, 0.2) is 30.6 Å². The van der Waals surface area contributed by atoms with E-state index in [1.807, 2.05) is 32.0 Å². The number of thiophene rings is 1. The number of fused-ring (bicyclic) bond motifs is 1. The number of aromatic nitrogens is 2. The molecule has 0 spiro atoms. The van der Waals surface area contributed by atoms with E-state index in [-0.39, 0.29) is 5.97 Å². The maximum atomic E-state index is 12.3. The fourth-order valence-electron chi connectivity index (χ4n) is 3.71. The lowest BCUT2D eigenvalue weighted by molar-refractivity contribution is 0.0531. The van der Waals surface area contributed by atoms with Crippen molar-refractivity contribution in [2.24, 2.45) is 0 Å². The molecule has 1 saturated heterocycles. The molecule has 3 heterocycles. The van der Waals surface area contributed by atoms with Crippen molar-refractivity contribution in [1.29, 1.82) is 0 Å². The van der Waals surface area contributed by atoms with E-state index < -0.39 is 0 Å². The summed E-state index contributed by atoms with van der Waals surface area (Å²) >= 11 is 1.37. The highest BCUT2D eigenvalue weighted by molar-refractivity contribution is 7.20. The summed E-state index contributed by atoms with van der Waals surface area (Å²) in [5, 5.41) is 10.6. The van der Waals surface area contributed by atoms with Crippen LogP contribution < -0.4 is 4.90 Å². The van der Waals surface area contributed by atoms with E-state index in [0.29, 0.717) is 17.2 Å². The van der Waals surface area contributed by atoms with Gasteiger partial charge in [-0.05, 0) is 37.1 Å². The molecule has 0 bridgehead atoms. The van der Waals surface area contributed by atoms with Gasteiger partial charge < -0.3 is 14.7 Å². The number of benzene rings is 1. The molecule has 0 saturated carbocycles. The van der Waals surface area contributed by atoms with Gasteiger partial charge in [0.15, 0.2) is 0 Å².